The minimum atomic E-state index is -0.305. The largest absolute Gasteiger partial charge is 0.454 e. The van der Waals surface area contributed by atoms with Crippen molar-refractivity contribution >= 4 is 11.6 Å². The first kappa shape index (κ1) is 14.1. The van der Waals surface area contributed by atoms with E-state index in [2.05, 4.69) is 15.4 Å². The lowest BCUT2D eigenvalue weighted by Gasteiger charge is -2.10. The summed E-state index contributed by atoms with van der Waals surface area (Å²) in [6, 6.07) is 6.95. The van der Waals surface area contributed by atoms with Crippen LogP contribution in [-0.2, 0) is 6.54 Å². The van der Waals surface area contributed by atoms with E-state index in [9.17, 15) is 4.79 Å². The van der Waals surface area contributed by atoms with Crippen molar-refractivity contribution in [2.75, 3.05) is 25.2 Å². The number of benzene rings is 1. The third-order valence-electron chi connectivity index (χ3n) is 4.00. The Morgan fingerprint density at radius 1 is 1.17 bits per heavy atom. The Labute approximate surface area is 133 Å². The second-order valence-electron chi connectivity index (χ2n) is 5.68. The molecule has 1 fully saturated rings. The topological polar surface area (TPSA) is 76.8 Å². The van der Waals surface area contributed by atoms with Gasteiger partial charge in [0.05, 0.1) is 6.54 Å². The van der Waals surface area contributed by atoms with Crippen molar-refractivity contribution in [1.29, 1.82) is 0 Å². The predicted octanol–water partition coefficient (Wildman–Crippen LogP) is 2.25. The zero-order chi connectivity index (χ0) is 15.6. The number of rotatable bonds is 4. The number of amides is 1. The van der Waals surface area contributed by atoms with E-state index in [1.807, 2.05) is 0 Å². The third kappa shape index (κ3) is 3.00. The Bertz CT molecular complexity index is 722. The molecule has 120 valence electrons. The van der Waals surface area contributed by atoms with E-state index in [1.165, 1.54) is 12.8 Å². The second-order valence-corrected chi connectivity index (χ2v) is 5.68. The number of hydrogen-bond acceptors (Lipinski definition) is 6. The minimum Gasteiger partial charge on any atom is -0.454 e. The van der Waals surface area contributed by atoms with Crippen molar-refractivity contribution in [1.82, 2.24) is 10.1 Å². The normalized spacial score (nSPS) is 16.7. The molecule has 0 bridgehead atoms. The quantitative estimate of drug-likeness (QED) is 0.932. The molecule has 1 amide bonds. The van der Waals surface area contributed by atoms with Crippen molar-refractivity contribution in [2.24, 2.45) is 0 Å². The highest BCUT2D eigenvalue weighted by molar-refractivity contribution is 6.03. The third-order valence-corrected chi connectivity index (χ3v) is 4.00. The molecule has 3 heterocycles. The molecule has 7 heteroatoms. The summed E-state index contributed by atoms with van der Waals surface area (Å²) in [6.45, 7) is 3.04. The molecule has 1 aromatic carbocycles. The number of carbonyl (C=O) groups is 1. The molecule has 7 nitrogen and oxygen atoms in total. The predicted molar refractivity (Wildman–Crippen MR) is 81.5 cm³/mol. The standard InChI is InChI=1S/C16H17N3O4/c20-16(17-11-3-4-14-15(7-11)22-10-21-14)13-8-12(23-18-13)9-19-5-1-2-6-19/h3-4,7-8H,1-2,5-6,9-10H2,(H,17,20). The van der Waals surface area contributed by atoms with Crippen LogP contribution < -0.4 is 14.8 Å². The first-order valence-corrected chi connectivity index (χ1v) is 7.67. The average molecular weight is 315 g/mol. The molecule has 4 rings (SSSR count). The fourth-order valence-corrected chi connectivity index (χ4v) is 2.83. The average Bonchev–Trinajstić information content (AvgIpc) is 3.28. The molecular weight excluding hydrogens is 298 g/mol. The molecule has 2 aliphatic heterocycles. The molecule has 2 aromatic rings. The zero-order valence-electron chi connectivity index (χ0n) is 12.6. The van der Waals surface area contributed by atoms with Gasteiger partial charge in [0.2, 0.25) is 6.79 Å². The van der Waals surface area contributed by atoms with Crippen LogP contribution >= 0.6 is 0 Å². The van der Waals surface area contributed by atoms with E-state index in [4.69, 9.17) is 14.0 Å². The van der Waals surface area contributed by atoms with Crippen LogP contribution in [0.15, 0.2) is 28.8 Å². The van der Waals surface area contributed by atoms with E-state index < -0.39 is 0 Å². The van der Waals surface area contributed by atoms with Crippen molar-refractivity contribution in [3.63, 3.8) is 0 Å². The van der Waals surface area contributed by atoms with Gasteiger partial charge < -0.3 is 19.3 Å². The van der Waals surface area contributed by atoms with Crippen molar-refractivity contribution in [3.8, 4) is 11.5 Å². The maximum absolute atomic E-state index is 12.2. The molecule has 2 aliphatic rings. The Morgan fingerprint density at radius 2 is 2.00 bits per heavy atom. The molecule has 0 unspecified atom stereocenters. The lowest BCUT2D eigenvalue weighted by Crippen LogP contribution is -2.18. The van der Waals surface area contributed by atoms with Gasteiger partial charge in [0.25, 0.3) is 5.91 Å². The Kier molecular flexibility index (Phi) is 3.63. The summed E-state index contributed by atoms with van der Waals surface area (Å²) < 4.78 is 15.8. The number of aromatic nitrogens is 1. The van der Waals surface area contributed by atoms with Crippen LogP contribution in [0.3, 0.4) is 0 Å². The Balaban J connectivity index is 1.41. The number of fused-ring (bicyclic) bond motifs is 1. The second kappa shape index (κ2) is 5.92. The number of likely N-dealkylation sites (tertiary alicyclic amines) is 1. The molecule has 0 atom stereocenters. The summed E-state index contributed by atoms with van der Waals surface area (Å²) in [5.41, 5.74) is 0.903. The molecular formula is C16H17N3O4. The molecule has 0 radical (unpaired) electrons. The first-order valence-electron chi connectivity index (χ1n) is 7.67. The molecule has 1 saturated heterocycles. The number of hydrogen-bond donors (Lipinski definition) is 1. The van der Waals surface area contributed by atoms with Crippen molar-refractivity contribution < 1.29 is 18.8 Å². The van der Waals surface area contributed by atoms with Gasteiger partial charge in [-0.15, -0.1) is 0 Å². The fraction of sp³-hybridized carbons (Fsp3) is 0.375. The van der Waals surface area contributed by atoms with Gasteiger partial charge in [-0.3, -0.25) is 9.69 Å². The number of nitrogens with one attached hydrogen (secondary N) is 1. The van der Waals surface area contributed by atoms with Gasteiger partial charge in [-0.25, -0.2) is 0 Å². The van der Waals surface area contributed by atoms with Crippen molar-refractivity contribution in [3.05, 3.63) is 35.7 Å². The molecule has 0 aliphatic carbocycles. The maximum atomic E-state index is 12.2. The number of carbonyl (C=O) groups excluding carboxylic acids is 1. The summed E-state index contributed by atoms with van der Waals surface area (Å²) in [4.78, 5) is 14.5. The molecule has 0 saturated carbocycles. The van der Waals surface area contributed by atoms with Gasteiger partial charge in [-0.05, 0) is 38.1 Å². The van der Waals surface area contributed by atoms with Crippen LogP contribution in [0.5, 0.6) is 11.5 Å². The van der Waals surface area contributed by atoms with Crippen LogP contribution in [0.2, 0.25) is 0 Å². The van der Waals surface area contributed by atoms with E-state index in [1.54, 1.807) is 24.3 Å². The number of ether oxygens (including phenoxy) is 2. The van der Waals surface area contributed by atoms with Gasteiger partial charge >= 0.3 is 0 Å². The Morgan fingerprint density at radius 3 is 2.87 bits per heavy atom. The Hall–Kier alpha value is -2.54. The molecule has 1 N–H and O–H groups in total. The molecule has 0 spiro atoms. The highest BCUT2D eigenvalue weighted by Gasteiger charge is 2.18. The summed E-state index contributed by atoms with van der Waals surface area (Å²) in [7, 11) is 0. The van der Waals surface area contributed by atoms with E-state index >= 15 is 0 Å². The van der Waals surface area contributed by atoms with Crippen LogP contribution in [-0.4, -0.2) is 35.8 Å². The number of nitrogens with zero attached hydrogens (tertiary/aromatic N) is 2. The van der Waals surface area contributed by atoms with E-state index in [0.717, 1.165) is 13.1 Å². The monoisotopic (exact) mass is 315 g/mol. The van der Waals surface area contributed by atoms with Crippen molar-refractivity contribution in [2.45, 2.75) is 19.4 Å². The summed E-state index contributed by atoms with van der Waals surface area (Å²) in [6.07, 6.45) is 2.43. The summed E-state index contributed by atoms with van der Waals surface area (Å²) in [5.74, 6) is 1.71. The smallest absolute Gasteiger partial charge is 0.277 e. The number of anilines is 1. The highest BCUT2D eigenvalue weighted by Crippen LogP contribution is 2.34. The maximum Gasteiger partial charge on any atom is 0.277 e. The van der Waals surface area contributed by atoms with Gasteiger partial charge in [0.1, 0.15) is 0 Å². The lowest BCUT2D eigenvalue weighted by atomic mass is 10.2. The first-order chi connectivity index (χ1) is 11.3. The van der Waals surface area contributed by atoms with Crippen LogP contribution in [0.25, 0.3) is 0 Å². The lowest BCUT2D eigenvalue weighted by molar-refractivity contribution is 0.101. The van der Waals surface area contributed by atoms with Crippen LogP contribution in [0.1, 0.15) is 29.1 Å². The van der Waals surface area contributed by atoms with Gasteiger partial charge in [-0.1, -0.05) is 5.16 Å². The SMILES string of the molecule is O=C(Nc1ccc2c(c1)OCO2)c1cc(CN2CCCC2)on1. The minimum absolute atomic E-state index is 0.204. The summed E-state index contributed by atoms with van der Waals surface area (Å²) in [5, 5.41) is 6.64. The zero-order valence-corrected chi connectivity index (χ0v) is 12.6. The van der Waals surface area contributed by atoms with Gasteiger partial charge in [-0.2, -0.15) is 0 Å². The van der Waals surface area contributed by atoms with E-state index in [0.29, 0.717) is 29.5 Å². The van der Waals surface area contributed by atoms with Gasteiger partial charge in [0, 0.05) is 17.8 Å². The van der Waals surface area contributed by atoms with E-state index in [-0.39, 0.29) is 18.4 Å². The fourth-order valence-electron chi connectivity index (χ4n) is 2.83. The molecule has 23 heavy (non-hydrogen) atoms. The summed E-state index contributed by atoms with van der Waals surface area (Å²) >= 11 is 0. The van der Waals surface area contributed by atoms with Crippen LogP contribution in [0, 0.1) is 0 Å². The highest BCUT2D eigenvalue weighted by atomic mass is 16.7. The molecule has 1 aromatic heterocycles. The van der Waals surface area contributed by atoms with Gasteiger partial charge in [0.15, 0.2) is 23.0 Å². The van der Waals surface area contributed by atoms with Crippen LogP contribution in [0.4, 0.5) is 5.69 Å².